The van der Waals surface area contributed by atoms with E-state index in [4.69, 9.17) is 9.72 Å². The SMILES string of the molecule is CCOC1CCNCC1Nc1cncc(-c2cnc3ccccn23)n1. The first-order valence-corrected chi connectivity index (χ1v) is 8.68. The van der Waals surface area contributed by atoms with E-state index in [1.165, 1.54) is 0 Å². The van der Waals surface area contributed by atoms with Crippen LogP contribution in [0, 0.1) is 0 Å². The highest BCUT2D eigenvalue weighted by atomic mass is 16.5. The van der Waals surface area contributed by atoms with Crippen LogP contribution in [0.2, 0.25) is 0 Å². The number of piperidine rings is 1. The van der Waals surface area contributed by atoms with Gasteiger partial charge in [-0.05, 0) is 32.0 Å². The van der Waals surface area contributed by atoms with E-state index in [1.54, 1.807) is 12.4 Å². The van der Waals surface area contributed by atoms with Gasteiger partial charge in [0.05, 0.1) is 36.4 Å². The van der Waals surface area contributed by atoms with Crippen molar-refractivity contribution in [3.05, 3.63) is 43.0 Å². The minimum atomic E-state index is 0.181. The largest absolute Gasteiger partial charge is 0.376 e. The molecule has 130 valence electrons. The standard InChI is InChI=1S/C18H22N6O/c1-2-25-16-6-7-19-10-14(16)23-17-12-20-9-13(22-17)15-11-21-18-5-3-4-8-24(15)18/h3-5,8-9,11-12,14,16,19H,2,6-7,10H2,1H3,(H,22,23). The van der Waals surface area contributed by atoms with Crippen molar-refractivity contribution < 1.29 is 4.74 Å². The minimum absolute atomic E-state index is 0.181. The molecule has 25 heavy (non-hydrogen) atoms. The molecule has 4 rings (SSSR count). The second-order valence-electron chi connectivity index (χ2n) is 6.10. The fraction of sp³-hybridized carbons (Fsp3) is 0.389. The molecule has 3 aromatic rings. The van der Waals surface area contributed by atoms with E-state index in [0.717, 1.165) is 49.0 Å². The van der Waals surface area contributed by atoms with Crippen LogP contribution in [0.3, 0.4) is 0 Å². The van der Waals surface area contributed by atoms with Gasteiger partial charge in [0, 0.05) is 19.3 Å². The number of nitrogens with zero attached hydrogens (tertiary/aromatic N) is 4. The fourth-order valence-electron chi connectivity index (χ4n) is 3.26. The number of fused-ring (bicyclic) bond motifs is 1. The summed E-state index contributed by atoms with van der Waals surface area (Å²) in [7, 11) is 0. The van der Waals surface area contributed by atoms with Crippen LogP contribution in [0.25, 0.3) is 17.0 Å². The van der Waals surface area contributed by atoms with Crippen molar-refractivity contribution in [1.82, 2.24) is 24.7 Å². The number of hydrogen-bond donors (Lipinski definition) is 2. The zero-order chi connectivity index (χ0) is 17.1. The third-order valence-corrected chi connectivity index (χ3v) is 4.45. The number of anilines is 1. The normalized spacial score (nSPS) is 20.7. The van der Waals surface area contributed by atoms with Crippen LogP contribution in [0.5, 0.6) is 0 Å². The van der Waals surface area contributed by atoms with Gasteiger partial charge >= 0.3 is 0 Å². The Labute approximate surface area is 146 Å². The lowest BCUT2D eigenvalue weighted by atomic mass is 10.0. The van der Waals surface area contributed by atoms with Crippen molar-refractivity contribution in [2.75, 3.05) is 25.0 Å². The van der Waals surface area contributed by atoms with E-state index < -0.39 is 0 Å². The van der Waals surface area contributed by atoms with Crippen molar-refractivity contribution >= 4 is 11.5 Å². The maximum Gasteiger partial charge on any atom is 0.145 e. The molecule has 1 fully saturated rings. The zero-order valence-electron chi connectivity index (χ0n) is 14.2. The van der Waals surface area contributed by atoms with Gasteiger partial charge in [-0.15, -0.1) is 0 Å². The molecule has 0 bridgehead atoms. The quantitative estimate of drug-likeness (QED) is 0.741. The third-order valence-electron chi connectivity index (χ3n) is 4.45. The molecule has 1 saturated heterocycles. The van der Waals surface area contributed by atoms with Gasteiger partial charge in [0.15, 0.2) is 0 Å². The van der Waals surface area contributed by atoms with Gasteiger partial charge in [-0.1, -0.05) is 6.07 Å². The van der Waals surface area contributed by atoms with Crippen LogP contribution in [-0.2, 0) is 4.74 Å². The van der Waals surface area contributed by atoms with Crippen LogP contribution in [0.15, 0.2) is 43.0 Å². The lowest BCUT2D eigenvalue weighted by molar-refractivity contribution is 0.0330. The Morgan fingerprint density at radius 1 is 1.32 bits per heavy atom. The lowest BCUT2D eigenvalue weighted by Crippen LogP contribution is -2.49. The molecule has 0 amide bonds. The molecule has 0 radical (unpaired) electrons. The highest BCUT2D eigenvalue weighted by Crippen LogP contribution is 2.20. The summed E-state index contributed by atoms with van der Waals surface area (Å²) in [6.07, 6.45) is 8.51. The summed E-state index contributed by atoms with van der Waals surface area (Å²) < 4.78 is 7.88. The Bertz CT molecular complexity index is 846. The topological polar surface area (TPSA) is 76.4 Å². The minimum Gasteiger partial charge on any atom is -0.376 e. The average molecular weight is 338 g/mol. The first-order valence-electron chi connectivity index (χ1n) is 8.68. The lowest BCUT2D eigenvalue weighted by Gasteiger charge is -2.32. The van der Waals surface area contributed by atoms with Crippen molar-refractivity contribution in [3.63, 3.8) is 0 Å². The second-order valence-corrected chi connectivity index (χ2v) is 6.10. The summed E-state index contributed by atoms with van der Waals surface area (Å²) in [5.74, 6) is 0.752. The Balaban J connectivity index is 1.59. The van der Waals surface area contributed by atoms with Crippen molar-refractivity contribution in [2.45, 2.75) is 25.5 Å². The van der Waals surface area contributed by atoms with Crippen LogP contribution in [0.1, 0.15) is 13.3 Å². The molecule has 1 aliphatic rings. The maximum absolute atomic E-state index is 5.86. The van der Waals surface area contributed by atoms with E-state index in [9.17, 15) is 0 Å². The van der Waals surface area contributed by atoms with E-state index in [2.05, 4.69) is 20.6 Å². The number of nitrogens with one attached hydrogen (secondary N) is 2. The number of rotatable bonds is 5. The van der Waals surface area contributed by atoms with Crippen LogP contribution in [0.4, 0.5) is 5.82 Å². The predicted octanol–water partition coefficient (Wildman–Crippen LogP) is 1.97. The molecular formula is C18H22N6O. The monoisotopic (exact) mass is 338 g/mol. The smallest absolute Gasteiger partial charge is 0.145 e. The number of hydrogen-bond acceptors (Lipinski definition) is 6. The molecule has 2 atom stereocenters. The van der Waals surface area contributed by atoms with Gasteiger partial charge in [0.2, 0.25) is 0 Å². The Hall–Kier alpha value is -2.51. The van der Waals surface area contributed by atoms with Gasteiger partial charge in [-0.3, -0.25) is 9.38 Å². The summed E-state index contributed by atoms with van der Waals surface area (Å²) in [4.78, 5) is 13.5. The molecule has 0 aliphatic carbocycles. The Kier molecular flexibility index (Phi) is 4.58. The summed E-state index contributed by atoms with van der Waals surface area (Å²) >= 11 is 0. The summed E-state index contributed by atoms with van der Waals surface area (Å²) in [6, 6.07) is 6.10. The molecular weight excluding hydrogens is 316 g/mol. The Morgan fingerprint density at radius 3 is 3.20 bits per heavy atom. The van der Waals surface area contributed by atoms with Crippen LogP contribution in [-0.4, -0.2) is 51.2 Å². The number of imidazole rings is 1. The molecule has 2 unspecified atom stereocenters. The molecule has 0 saturated carbocycles. The van der Waals surface area contributed by atoms with Crippen molar-refractivity contribution in [3.8, 4) is 11.4 Å². The average Bonchev–Trinajstić information content (AvgIpc) is 3.08. The summed E-state index contributed by atoms with van der Waals surface area (Å²) in [5.41, 5.74) is 2.61. The summed E-state index contributed by atoms with van der Waals surface area (Å²) in [6.45, 7) is 4.59. The van der Waals surface area contributed by atoms with Crippen LogP contribution < -0.4 is 10.6 Å². The van der Waals surface area contributed by atoms with Crippen molar-refractivity contribution in [1.29, 1.82) is 0 Å². The fourth-order valence-corrected chi connectivity index (χ4v) is 3.26. The highest BCUT2D eigenvalue weighted by Gasteiger charge is 2.25. The summed E-state index contributed by atoms with van der Waals surface area (Å²) in [5, 5.41) is 6.88. The van der Waals surface area contributed by atoms with Gasteiger partial charge in [-0.25, -0.2) is 9.97 Å². The van der Waals surface area contributed by atoms with Gasteiger partial charge < -0.3 is 15.4 Å². The highest BCUT2D eigenvalue weighted by molar-refractivity contribution is 5.60. The molecule has 7 nitrogen and oxygen atoms in total. The molecule has 4 heterocycles. The first-order chi connectivity index (χ1) is 12.3. The number of aromatic nitrogens is 4. The molecule has 7 heteroatoms. The van der Waals surface area contributed by atoms with E-state index in [0.29, 0.717) is 0 Å². The van der Waals surface area contributed by atoms with Gasteiger partial charge in [-0.2, -0.15) is 0 Å². The zero-order valence-corrected chi connectivity index (χ0v) is 14.2. The first kappa shape index (κ1) is 16.0. The van der Waals surface area contributed by atoms with Crippen molar-refractivity contribution in [2.24, 2.45) is 0 Å². The van der Waals surface area contributed by atoms with E-state index in [1.807, 2.05) is 41.9 Å². The Morgan fingerprint density at radius 2 is 2.28 bits per heavy atom. The maximum atomic E-state index is 5.86. The van der Waals surface area contributed by atoms with E-state index >= 15 is 0 Å². The molecule has 0 aromatic carbocycles. The van der Waals surface area contributed by atoms with Gasteiger partial charge in [0.1, 0.15) is 17.2 Å². The van der Waals surface area contributed by atoms with E-state index in [-0.39, 0.29) is 12.1 Å². The molecule has 2 N–H and O–H groups in total. The predicted molar refractivity (Wildman–Crippen MR) is 96.5 cm³/mol. The number of ether oxygens (including phenoxy) is 1. The third kappa shape index (κ3) is 3.33. The molecule has 1 aliphatic heterocycles. The van der Waals surface area contributed by atoms with Gasteiger partial charge in [0.25, 0.3) is 0 Å². The van der Waals surface area contributed by atoms with Crippen LogP contribution >= 0.6 is 0 Å². The number of pyridine rings is 1. The second kappa shape index (κ2) is 7.16. The molecule has 0 spiro atoms. The molecule has 3 aromatic heterocycles.